The molecule has 1 aliphatic heterocycles. The largest absolute Gasteiger partial charge is 0.379 e. The molecule has 2 heterocycles. The molecule has 1 aromatic rings. The van der Waals surface area contributed by atoms with Gasteiger partial charge in [0, 0.05) is 31.2 Å². The highest BCUT2D eigenvalue weighted by Crippen LogP contribution is 2.23. The molecule has 1 aliphatic rings. The summed E-state index contributed by atoms with van der Waals surface area (Å²) >= 11 is 0. The fourth-order valence-corrected chi connectivity index (χ4v) is 2.51. The van der Waals surface area contributed by atoms with Crippen molar-refractivity contribution in [2.45, 2.75) is 47.1 Å². The maximum absolute atomic E-state index is 12.3. The van der Waals surface area contributed by atoms with Gasteiger partial charge in [0.15, 0.2) is 0 Å². The molecule has 2 rings (SSSR count). The number of morpholine rings is 1. The number of carbonyl (C=O) groups excluding carboxylic acids is 1. The highest BCUT2D eigenvalue weighted by atomic mass is 16.5. The summed E-state index contributed by atoms with van der Waals surface area (Å²) in [5.41, 5.74) is 2.11. The third kappa shape index (κ3) is 4.75. The molecule has 128 valence electrons. The van der Waals surface area contributed by atoms with Gasteiger partial charge < -0.3 is 10.1 Å². The van der Waals surface area contributed by atoms with Crippen LogP contribution in [0.5, 0.6) is 0 Å². The lowest BCUT2D eigenvalue weighted by Crippen LogP contribution is -2.36. The van der Waals surface area contributed by atoms with E-state index in [4.69, 9.17) is 4.74 Å². The molecule has 0 atom stereocenters. The second kappa shape index (κ2) is 7.88. The van der Waals surface area contributed by atoms with Crippen LogP contribution < -0.4 is 5.32 Å². The maximum atomic E-state index is 12.3. The molecule has 0 aliphatic carbocycles. The van der Waals surface area contributed by atoms with Crippen LogP contribution in [0.1, 0.15) is 45.2 Å². The standard InChI is InChI=1S/C18H29N3O2/c1-5-14-12-19-16(20-17(22)18(3,4)6-2)11-15(14)13-21-7-9-23-10-8-21/h11-12H,5-10,13H2,1-4H3,(H,19,20,22). The summed E-state index contributed by atoms with van der Waals surface area (Å²) in [6.45, 7) is 12.5. The van der Waals surface area contributed by atoms with Crippen LogP contribution in [0.2, 0.25) is 0 Å². The zero-order chi connectivity index (χ0) is 16.9. The number of nitrogens with one attached hydrogen (secondary N) is 1. The second-order valence-electron chi connectivity index (χ2n) is 6.77. The van der Waals surface area contributed by atoms with Gasteiger partial charge in [-0.2, -0.15) is 0 Å². The first-order chi connectivity index (χ1) is 11.0. The van der Waals surface area contributed by atoms with E-state index in [0.717, 1.165) is 45.7 Å². The number of nitrogens with zero attached hydrogens (tertiary/aromatic N) is 2. The minimum absolute atomic E-state index is 0.0223. The summed E-state index contributed by atoms with van der Waals surface area (Å²) in [5, 5.41) is 2.97. The summed E-state index contributed by atoms with van der Waals surface area (Å²) in [4.78, 5) is 19.1. The molecule has 1 aromatic heterocycles. The number of amides is 1. The normalized spacial score (nSPS) is 16.3. The molecule has 1 N–H and O–H groups in total. The number of pyridine rings is 1. The van der Waals surface area contributed by atoms with E-state index in [2.05, 4.69) is 22.1 Å². The number of carbonyl (C=O) groups is 1. The third-order valence-electron chi connectivity index (χ3n) is 4.70. The van der Waals surface area contributed by atoms with Crippen molar-refractivity contribution in [2.24, 2.45) is 5.41 Å². The van der Waals surface area contributed by atoms with Crippen LogP contribution in [0.3, 0.4) is 0 Å². The first-order valence-corrected chi connectivity index (χ1v) is 8.55. The van der Waals surface area contributed by atoms with Crippen LogP contribution in [0.15, 0.2) is 12.3 Å². The Bertz CT molecular complexity index is 537. The zero-order valence-corrected chi connectivity index (χ0v) is 14.8. The van der Waals surface area contributed by atoms with Gasteiger partial charge in [-0.1, -0.05) is 27.7 Å². The molecular formula is C18H29N3O2. The Balaban J connectivity index is 2.12. The lowest BCUT2D eigenvalue weighted by atomic mass is 9.89. The van der Waals surface area contributed by atoms with Gasteiger partial charge in [0.25, 0.3) is 0 Å². The van der Waals surface area contributed by atoms with Gasteiger partial charge in [-0.25, -0.2) is 4.98 Å². The topological polar surface area (TPSA) is 54.5 Å². The average Bonchev–Trinajstić information content (AvgIpc) is 2.56. The fraction of sp³-hybridized carbons (Fsp3) is 0.667. The Kier molecular flexibility index (Phi) is 6.13. The lowest BCUT2D eigenvalue weighted by Gasteiger charge is -2.27. The summed E-state index contributed by atoms with van der Waals surface area (Å²) in [7, 11) is 0. The van der Waals surface area contributed by atoms with Gasteiger partial charge >= 0.3 is 0 Å². The number of hydrogen-bond donors (Lipinski definition) is 1. The number of aromatic nitrogens is 1. The van der Waals surface area contributed by atoms with Gasteiger partial charge in [-0.15, -0.1) is 0 Å². The summed E-state index contributed by atoms with van der Waals surface area (Å²) in [6.07, 6.45) is 3.64. The first-order valence-electron chi connectivity index (χ1n) is 8.55. The van der Waals surface area contributed by atoms with Crippen molar-refractivity contribution < 1.29 is 9.53 Å². The number of ether oxygens (including phenoxy) is 1. The van der Waals surface area contributed by atoms with Crippen molar-refractivity contribution >= 4 is 11.7 Å². The maximum Gasteiger partial charge on any atom is 0.231 e. The molecule has 5 heteroatoms. The van der Waals surface area contributed by atoms with E-state index in [-0.39, 0.29) is 11.3 Å². The zero-order valence-electron chi connectivity index (χ0n) is 14.8. The molecule has 1 fully saturated rings. The van der Waals surface area contributed by atoms with Crippen molar-refractivity contribution in [1.29, 1.82) is 0 Å². The molecule has 0 aromatic carbocycles. The Morgan fingerprint density at radius 1 is 1.30 bits per heavy atom. The highest BCUT2D eigenvalue weighted by Gasteiger charge is 2.25. The summed E-state index contributed by atoms with van der Waals surface area (Å²) < 4.78 is 5.41. The predicted molar refractivity (Wildman–Crippen MR) is 92.4 cm³/mol. The van der Waals surface area contributed by atoms with Gasteiger partial charge in [0.05, 0.1) is 13.2 Å². The van der Waals surface area contributed by atoms with Crippen LogP contribution in [-0.2, 0) is 22.5 Å². The smallest absolute Gasteiger partial charge is 0.231 e. The van der Waals surface area contributed by atoms with Crippen molar-refractivity contribution in [3.63, 3.8) is 0 Å². The van der Waals surface area contributed by atoms with Gasteiger partial charge in [-0.05, 0) is 30.0 Å². The Morgan fingerprint density at radius 3 is 2.61 bits per heavy atom. The van der Waals surface area contributed by atoms with Crippen molar-refractivity contribution in [2.75, 3.05) is 31.6 Å². The van der Waals surface area contributed by atoms with E-state index in [9.17, 15) is 4.79 Å². The van der Waals surface area contributed by atoms with Crippen LogP contribution in [0.25, 0.3) is 0 Å². The lowest BCUT2D eigenvalue weighted by molar-refractivity contribution is -0.124. The molecule has 0 spiro atoms. The molecular weight excluding hydrogens is 290 g/mol. The number of aryl methyl sites for hydroxylation is 1. The third-order valence-corrected chi connectivity index (χ3v) is 4.70. The van der Waals surface area contributed by atoms with E-state index < -0.39 is 0 Å². The molecule has 5 nitrogen and oxygen atoms in total. The SMILES string of the molecule is CCc1cnc(NC(=O)C(C)(C)CC)cc1CN1CCOCC1. The van der Waals surface area contributed by atoms with E-state index in [1.165, 1.54) is 11.1 Å². The minimum Gasteiger partial charge on any atom is -0.379 e. The number of hydrogen-bond acceptors (Lipinski definition) is 4. The molecule has 0 radical (unpaired) electrons. The second-order valence-corrected chi connectivity index (χ2v) is 6.77. The van der Waals surface area contributed by atoms with E-state index in [0.29, 0.717) is 5.82 Å². The number of anilines is 1. The van der Waals surface area contributed by atoms with Crippen molar-refractivity contribution in [1.82, 2.24) is 9.88 Å². The van der Waals surface area contributed by atoms with Crippen LogP contribution >= 0.6 is 0 Å². The molecule has 0 unspecified atom stereocenters. The monoisotopic (exact) mass is 319 g/mol. The van der Waals surface area contributed by atoms with Gasteiger partial charge in [0.1, 0.15) is 5.82 Å². The molecule has 1 saturated heterocycles. The van der Waals surface area contributed by atoms with Gasteiger partial charge in [0.2, 0.25) is 5.91 Å². The molecule has 0 saturated carbocycles. The first kappa shape index (κ1) is 17.9. The Labute approximate surface area is 139 Å². The van der Waals surface area contributed by atoms with E-state index in [1.807, 2.05) is 33.0 Å². The van der Waals surface area contributed by atoms with Crippen LogP contribution in [-0.4, -0.2) is 42.1 Å². The van der Waals surface area contributed by atoms with Crippen LogP contribution in [0, 0.1) is 5.41 Å². The summed E-state index contributed by atoms with van der Waals surface area (Å²) in [6, 6.07) is 2.03. The minimum atomic E-state index is -0.379. The van der Waals surface area contributed by atoms with Crippen molar-refractivity contribution in [3.05, 3.63) is 23.4 Å². The molecule has 1 amide bonds. The molecule has 0 bridgehead atoms. The number of rotatable bonds is 6. The van der Waals surface area contributed by atoms with Gasteiger partial charge in [-0.3, -0.25) is 9.69 Å². The average molecular weight is 319 g/mol. The molecule has 23 heavy (non-hydrogen) atoms. The van der Waals surface area contributed by atoms with E-state index >= 15 is 0 Å². The Morgan fingerprint density at radius 2 is 2.00 bits per heavy atom. The predicted octanol–water partition coefficient (Wildman–Crippen LogP) is 2.85. The quantitative estimate of drug-likeness (QED) is 0.876. The Hall–Kier alpha value is -1.46. The fourth-order valence-electron chi connectivity index (χ4n) is 2.51. The summed E-state index contributed by atoms with van der Waals surface area (Å²) in [5.74, 6) is 0.672. The van der Waals surface area contributed by atoms with Crippen molar-refractivity contribution in [3.8, 4) is 0 Å². The highest BCUT2D eigenvalue weighted by molar-refractivity contribution is 5.94. The van der Waals surface area contributed by atoms with E-state index in [1.54, 1.807) is 0 Å². The van der Waals surface area contributed by atoms with Crippen LogP contribution in [0.4, 0.5) is 5.82 Å².